The van der Waals surface area contributed by atoms with Crippen molar-refractivity contribution in [3.63, 3.8) is 0 Å². The molecule has 0 unspecified atom stereocenters. The van der Waals surface area contributed by atoms with E-state index in [0.29, 0.717) is 18.1 Å². The fraction of sp³-hybridized carbons (Fsp3) is 0.357. The SMILES string of the molecule is CCS(=O)(=O)C1CN(C(=O)/C=C/c2ccc(Cl)cc2)C1. The van der Waals surface area contributed by atoms with E-state index in [9.17, 15) is 13.2 Å². The van der Waals surface area contributed by atoms with Gasteiger partial charge in [-0.05, 0) is 23.8 Å². The number of nitrogens with zero attached hydrogens (tertiary/aromatic N) is 1. The molecule has 0 bridgehead atoms. The van der Waals surface area contributed by atoms with Crippen LogP contribution in [0.5, 0.6) is 0 Å². The van der Waals surface area contributed by atoms with Gasteiger partial charge in [-0.15, -0.1) is 0 Å². The number of benzene rings is 1. The first-order valence-corrected chi connectivity index (χ1v) is 8.46. The summed E-state index contributed by atoms with van der Waals surface area (Å²) in [5.41, 5.74) is 0.876. The van der Waals surface area contributed by atoms with Crippen LogP contribution in [-0.2, 0) is 14.6 Å². The van der Waals surface area contributed by atoms with E-state index in [0.717, 1.165) is 5.56 Å². The molecule has 0 atom stereocenters. The first-order chi connectivity index (χ1) is 9.42. The minimum atomic E-state index is -3.03. The summed E-state index contributed by atoms with van der Waals surface area (Å²) in [6.07, 6.45) is 3.15. The van der Waals surface area contributed by atoms with E-state index < -0.39 is 15.1 Å². The Morgan fingerprint density at radius 1 is 1.35 bits per heavy atom. The zero-order chi connectivity index (χ0) is 14.8. The molecule has 1 fully saturated rings. The lowest BCUT2D eigenvalue weighted by Crippen LogP contribution is -2.56. The van der Waals surface area contributed by atoms with Crippen LogP contribution >= 0.6 is 11.6 Å². The molecule has 20 heavy (non-hydrogen) atoms. The lowest BCUT2D eigenvalue weighted by molar-refractivity contribution is -0.128. The number of amides is 1. The highest BCUT2D eigenvalue weighted by Gasteiger charge is 2.37. The standard InChI is InChI=1S/C14H16ClNO3S/c1-2-20(18,19)13-9-16(10-13)14(17)8-5-11-3-6-12(15)7-4-11/h3-8,13H,2,9-10H2,1H3/b8-5+. The molecule has 0 saturated carbocycles. The van der Waals surface area contributed by atoms with E-state index in [1.165, 1.54) is 11.0 Å². The maximum Gasteiger partial charge on any atom is 0.246 e. The summed E-state index contributed by atoms with van der Waals surface area (Å²) in [6.45, 7) is 2.21. The number of sulfone groups is 1. The largest absolute Gasteiger partial charge is 0.336 e. The molecular weight excluding hydrogens is 298 g/mol. The zero-order valence-corrected chi connectivity index (χ0v) is 12.7. The molecule has 2 rings (SSSR count). The number of hydrogen-bond donors (Lipinski definition) is 0. The van der Waals surface area contributed by atoms with Crippen molar-refractivity contribution in [3.05, 3.63) is 40.9 Å². The molecule has 4 nitrogen and oxygen atoms in total. The van der Waals surface area contributed by atoms with Gasteiger partial charge in [0, 0.05) is 29.9 Å². The quantitative estimate of drug-likeness (QED) is 0.799. The van der Waals surface area contributed by atoms with Crippen molar-refractivity contribution in [2.24, 2.45) is 0 Å². The number of rotatable bonds is 4. The summed E-state index contributed by atoms with van der Waals surface area (Å²) in [5.74, 6) is -0.0390. The number of likely N-dealkylation sites (tertiary alicyclic amines) is 1. The Labute approximate surface area is 124 Å². The molecule has 0 aromatic heterocycles. The summed E-state index contributed by atoms with van der Waals surface area (Å²) in [4.78, 5) is 13.4. The first-order valence-electron chi connectivity index (χ1n) is 6.36. The second kappa shape index (κ2) is 5.97. The summed E-state index contributed by atoms with van der Waals surface area (Å²) in [7, 11) is -3.03. The van der Waals surface area contributed by atoms with Crippen molar-refractivity contribution in [1.82, 2.24) is 4.90 Å². The fourth-order valence-corrected chi connectivity index (χ4v) is 3.34. The summed E-state index contributed by atoms with van der Waals surface area (Å²) < 4.78 is 23.2. The molecule has 1 aliphatic heterocycles. The van der Waals surface area contributed by atoms with Crippen molar-refractivity contribution >= 4 is 33.4 Å². The highest BCUT2D eigenvalue weighted by atomic mass is 35.5. The van der Waals surface area contributed by atoms with Gasteiger partial charge in [0.15, 0.2) is 9.84 Å². The van der Waals surface area contributed by atoms with E-state index in [1.807, 2.05) is 12.1 Å². The molecular formula is C14H16ClNO3S. The molecule has 0 radical (unpaired) electrons. The van der Waals surface area contributed by atoms with Gasteiger partial charge in [-0.1, -0.05) is 30.7 Å². The Balaban J connectivity index is 1.90. The minimum Gasteiger partial charge on any atom is -0.336 e. The Morgan fingerprint density at radius 3 is 2.50 bits per heavy atom. The van der Waals surface area contributed by atoms with Crippen molar-refractivity contribution in [2.75, 3.05) is 18.8 Å². The maximum atomic E-state index is 11.8. The van der Waals surface area contributed by atoms with E-state index in [-0.39, 0.29) is 11.7 Å². The zero-order valence-electron chi connectivity index (χ0n) is 11.1. The highest BCUT2D eigenvalue weighted by Crippen LogP contribution is 2.18. The van der Waals surface area contributed by atoms with Crippen molar-refractivity contribution in [2.45, 2.75) is 12.2 Å². The Hall–Kier alpha value is -1.33. The van der Waals surface area contributed by atoms with Gasteiger partial charge in [0.05, 0.1) is 5.25 Å². The Morgan fingerprint density at radius 2 is 1.95 bits per heavy atom. The second-order valence-electron chi connectivity index (χ2n) is 4.70. The average molecular weight is 314 g/mol. The molecule has 1 saturated heterocycles. The van der Waals surface area contributed by atoms with Crippen LogP contribution in [0.25, 0.3) is 6.08 Å². The van der Waals surface area contributed by atoms with Gasteiger partial charge >= 0.3 is 0 Å². The van der Waals surface area contributed by atoms with Crippen LogP contribution in [0.3, 0.4) is 0 Å². The minimum absolute atomic E-state index is 0.125. The van der Waals surface area contributed by atoms with E-state index in [1.54, 1.807) is 25.1 Å². The van der Waals surface area contributed by atoms with Gasteiger partial charge in [0.25, 0.3) is 0 Å². The number of carbonyl (C=O) groups excluding carboxylic acids is 1. The molecule has 1 heterocycles. The molecule has 108 valence electrons. The summed E-state index contributed by atoms with van der Waals surface area (Å²) in [6, 6.07) is 7.12. The predicted octanol–water partition coefficient (Wildman–Crippen LogP) is 2.00. The van der Waals surface area contributed by atoms with Crippen LogP contribution in [0.15, 0.2) is 30.3 Å². The van der Waals surface area contributed by atoms with Crippen LogP contribution in [0.4, 0.5) is 0 Å². The molecule has 0 N–H and O–H groups in total. The maximum absolute atomic E-state index is 11.8. The smallest absolute Gasteiger partial charge is 0.246 e. The summed E-state index contributed by atoms with van der Waals surface area (Å²) in [5, 5.41) is 0.240. The topological polar surface area (TPSA) is 54.5 Å². The van der Waals surface area contributed by atoms with Gasteiger partial charge < -0.3 is 4.90 Å². The van der Waals surface area contributed by atoms with Gasteiger partial charge in [0.1, 0.15) is 0 Å². The molecule has 1 amide bonds. The molecule has 6 heteroatoms. The van der Waals surface area contributed by atoms with Crippen LogP contribution in [0, 0.1) is 0 Å². The van der Waals surface area contributed by atoms with Crippen molar-refractivity contribution in [3.8, 4) is 0 Å². The second-order valence-corrected chi connectivity index (χ2v) is 7.71. The average Bonchev–Trinajstić information content (AvgIpc) is 2.36. The van der Waals surface area contributed by atoms with Gasteiger partial charge in [0.2, 0.25) is 5.91 Å². The van der Waals surface area contributed by atoms with Gasteiger partial charge in [-0.2, -0.15) is 0 Å². The molecule has 0 spiro atoms. The lowest BCUT2D eigenvalue weighted by Gasteiger charge is -2.37. The van der Waals surface area contributed by atoms with Crippen LogP contribution in [0.1, 0.15) is 12.5 Å². The molecule has 0 aliphatic carbocycles. The third kappa shape index (κ3) is 3.41. The Kier molecular flexibility index (Phi) is 4.50. The first kappa shape index (κ1) is 15.1. The fourth-order valence-electron chi connectivity index (χ4n) is 1.93. The normalized spacial score (nSPS) is 16.4. The van der Waals surface area contributed by atoms with E-state index in [4.69, 9.17) is 11.6 Å². The number of hydrogen-bond acceptors (Lipinski definition) is 3. The predicted molar refractivity (Wildman–Crippen MR) is 80.3 cm³/mol. The van der Waals surface area contributed by atoms with E-state index >= 15 is 0 Å². The van der Waals surface area contributed by atoms with Crippen molar-refractivity contribution in [1.29, 1.82) is 0 Å². The molecule has 1 aromatic rings. The van der Waals surface area contributed by atoms with Crippen LogP contribution in [0.2, 0.25) is 5.02 Å². The van der Waals surface area contributed by atoms with E-state index in [2.05, 4.69) is 0 Å². The lowest BCUT2D eigenvalue weighted by atomic mass is 10.2. The van der Waals surface area contributed by atoms with Crippen LogP contribution in [-0.4, -0.2) is 43.3 Å². The number of halogens is 1. The third-order valence-corrected chi connectivity index (χ3v) is 5.73. The van der Waals surface area contributed by atoms with Crippen LogP contribution < -0.4 is 0 Å². The number of carbonyl (C=O) groups is 1. The van der Waals surface area contributed by atoms with Crippen molar-refractivity contribution < 1.29 is 13.2 Å². The Bertz CT molecular complexity index is 616. The molecule has 1 aromatic carbocycles. The van der Waals surface area contributed by atoms with Gasteiger partial charge in [-0.3, -0.25) is 4.79 Å². The molecule has 1 aliphatic rings. The highest BCUT2D eigenvalue weighted by molar-refractivity contribution is 7.92. The monoisotopic (exact) mass is 313 g/mol. The van der Waals surface area contributed by atoms with Gasteiger partial charge in [-0.25, -0.2) is 8.42 Å². The summed E-state index contributed by atoms with van der Waals surface area (Å²) >= 11 is 5.77. The third-order valence-electron chi connectivity index (χ3n) is 3.36.